The maximum absolute atomic E-state index is 12.0. The predicted octanol–water partition coefficient (Wildman–Crippen LogP) is 4.46. The largest absolute Gasteiger partial charge is 0.349 e. The molecule has 1 heterocycles. The van der Waals surface area contributed by atoms with Gasteiger partial charge in [0.1, 0.15) is 5.01 Å². The van der Waals surface area contributed by atoms with Gasteiger partial charge in [0.05, 0.1) is 33.2 Å². The summed E-state index contributed by atoms with van der Waals surface area (Å²) in [6.07, 6.45) is 0.266. The molecule has 0 bridgehead atoms. The molecule has 1 amide bonds. The van der Waals surface area contributed by atoms with Crippen LogP contribution in [0.1, 0.15) is 10.6 Å². The number of aromatic nitrogens is 1. The van der Waals surface area contributed by atoms with Gasteiger partial charge in [-0.2, -0.15) is 0 Å². The second-order valence-corrected chi connectivity index (χ2v) is 6.71. The van der Waals surface area contributed by atoms with Gasteiger partial charge in [0.15, 0.2) is 0 Å². The van der Waals surface area contributed by atoms with E-state index in [4.69, 9.17) is 23.2 Å². The molecule has 6 heteroatoms. The Morgan fingerprint density at radius 3 is 2.73 bits per heavy atom. The first-order valence-corrected chi connectivity index (χ1v) is 8.24. The fourth-order valence-electron chi connectivity index (χ4n) is 2.07. The van der Waals surface area contributed by atoms with Crippen LogP contribution in [-0.2, 0) is 17.8 Å². The van der Waals surface area contributed by atoms with Crippen LogP contribution < -0.4 is 5.32 Å². The molecule has 0 radical (unpaired) electrons. The zero-order chi connectivity index (χ0) is 15.5. The summed E-state index contributed by atoms with van der Waals surface area (Å²) in [7, 11) is 0. The fourth-order valence-corrected chi connectivity index (χ4v) is 3.29. The third-order valence-corrected chi connectivity index (χ3v) is 4.90. The van der Waals surface area contributed by atoms with Crippen molar-refractivity contribution in [3.63, 3.8) is 0 Å². The predicted molar refractivity (Wildman–Crippen MR) is 91.6 cm³/mol. The standard InChI is InChI=1S/C16H12Cl2N2OS/c17-11-6-5-10(7-12(11)18)8-15(21)19-9-16-20-13-3-1-2-4-14(13)22-16/h1-7H,8-9H2,(H,19,21). The Morgan fingerprint density at radius 2 is 1.95 bits per heavy atom. The van der Waals surface area contributed by atoms with Crippen LogP contribution in [0, 0.1) is 0 Å². The monoisotopic (exact) mass is 350 g/mol. The normalized spacial score (nSPS) is 10.8. The van der Waals surface area contributed by atoms with E-state index in [1.54, 1.807) is 29.5 Å². The number of fused-ring (bicyclic) bond motifs is 1. The number of rotatable bonds is 4. The van der Waals surface area contributed by atoms with Crippen molar-refractivity contribution in [2.45, 2.75) is 13.0 Å². The third-order valence-electron chi connectivity index (χ3n) is 3.12. The second kappa shape index (κ2) is 6.65. The number of nitrogens with zero attached hydrogens (tertiary/aromatic N) is 1. The minimum Gasteiger partial charge on any atom is -0.349 e. The molecule has 0 aliphatic heterocycles. The van der Waals surface area contributed by atoms with E-state index in [1.807, 2.05) is 24.3 Å². The van der Waals surface area contributed by atoms with E-state index in [0.29, 0.717) is 16.6 Å². The van der Waals surface area contributed by atoms with E-state index >= 15 is 0 Å². The lowest BCUT2D eigenvalue weighted by atomic mass is 10.1. The van der Waals surface area contributed by atoms with Crippen molar-refractivity contribution < 1.29 is 4.79 Å². The van der Waals surface area contributed by atoms with Gasteiger partial charge in [-0.1, -0.05) is 41.4 Å². The number of hydrogen-bond acceptors (Lipinski definition) is 3. The van der Waals surface area contributed by atoms with Crippen LogP contribution in [-0.4, -0.2) is 10.9 Å². The summed E-state index contributed by atoms with van der Waals surface area (Å²) in [4.78, 5) is 16.5. The summed E-state index contributed by atoms with van der Waals surface area (Å²) in [6.45, 7) is 0.430. The number of thiazole rings is 1. The van der Waals surface area contributed by atoms with E-state index in [2.05, 4.69) is 10.3 Å². The van der Waals surface area contributed by atoms with Crippen LogP contribution in [0.2, 0.25) is 10.0 Å². The van der Waals surface area contributed by atoms with Crippen molar-refractivity contribution in [3.05, 3.63) is 63.1 Å². The molecule has 3 nitrogen and oxygen atoms in total. The average molecular weight is 351 g/mol. The Bertz CT molecular complexity index is 799. The lowest BCUT2D eigenvalue weighted by molar-refractivity contribution is -0.120. The minimum atomic E-state index is -0.0716. The lowest BCUT2D eigenvalue weighted by Gasteiger charge is -2.04. The van der Waals surface area contributed by atoms with Gasteiger partial charge < -0.3 is 5.32 Å². The molecular weight excluding hydrogens is 339 g/mol. The number of amides is 1. The van der Waals surface area contributed by atoms with Crippen molar-refractivity contribution >= 4 is 50.7 Å². The lowest BCUT2D eigenvalue weighted by Crippen LogP contribution is -2.24. The van der Waals surface area contributed by atoms with Crippen molar-refractivity contribution in [2.75, 3.05) is 0 Å². The Morgan fingerprint density at radius 1 is 1.14 bits per heavy atom. The second-order valence-electron chi connectivity index (χ2n) is 4.78. The molecule has 0 saturated heterocycles. The van der Waals surface area contributed by atoms with E-state index in [-0.39, 0.29) is 12.3 Å². The molecule has 112 valence electrons. The summed E-state index contributed by atoms with van der Waals surface area (Å²) >= 11 is 13.4. The van der Waals surface area contributed by atoms with Crippen LogP contribution in [0.25, 0.3) is 10.2 Å². The fraction of sp³-hybridized carbons (Fsp3) is 0.125. The molecule has 0 aliphatic rings. The Kier molecular flexibility index (Phi) is 4.62. The van der Waals surface area contributed by atoms with Crippen LogP contribution in [0.4, 0.5) is 0 Å². The van der Waals surface area contributed by atoms with Gasteiger partial charge in [0.25, 0.3) is 0 Å². The van der Waals surface area contributed by atoms with E-state index < -0.39 is 0 Å². The molecular formula is C16H12Cl2N2OS. The quantitative estimate of drug-likeness (QED) is 0.754. The molecule has 3 aromatic rings. The van der Waals surface area contributed by atoms with Gasteiger partial charge in [-0.15, -0.1) is 11.3 Å². The van der Waals surface area contributed by atoms with Crippen LogP contribution in [0.3, 0.4) is 0 Å². The summed E-state index contributed by atoms with van der Waals surface area (Å²) in [5.41, 5.74) is 1.79. The molecule has 2 aromatic carbocycles. The number of hydrogen-bond donors (Lipinski definition) is 1. The number of nitrogens with one attached hydrogen (secondary N) is 1. The number of carbonyl (C=O) groups excluding carboxylic acids is 1. The van der Waals surface area contributed by atoms with Crippen LogP contribution in [0.5, 0.6) is 0 Å². The van der Waals surface area contributed by atoms with Gasteiger partial charge in [0.2, 0.25) is 5.91 Å². The van der Waals surface area contributed by atoms with Gasteiger partial charge in [-0.25, -0.2) is 4.98 Å². The molecule has 0 spiro atoms. The number of halogens is 2. The molecule has 3 rings (SSSR count). The highest BCUT2D eigenvalue weighted by Crippen LogP contribution is 2.23. The molecule has 0 fully saturated rings. The Labute approximate surface area is 141 Å². The summed E-state index contributed by atoms with van der Waals surface area (Å²) in [5, 5.41) is 4.71. The highest BCUT2D eigenvalue weighted by atomic mass is 35.5. The Balaban J connectivity index is 1.60. The van der Waals surface area contributed by atoms with Crippen LogP contribution >= 0.6 is 34.5 Å². The van der Waals surface area contributed by atoms with E-state index in [1.165, 1.54) is 0 Å². The van der Waals surface area contributed by atoms with Crippen molar-refractivity contribution in [1.82, 2.24) is 10.3 Å². The molecule has 0 unspecified atom stereocenters. The number of para-hydroxylation sites is 1. The average Bonchev–Trinajstić information content (AvgIpc) is 2.92. The molecule has 1 aromatic heterocycles. The first kappa shape index (κ1) is 15.3. The summed E-state index contributed by atoms with van der Waals surface area (Å²) in [6, 6.07) is 13.1. The van der Waals surface area contributed by atoms with E-state index in [0.717, 1.165) is 20.8 Å². The topological polar surface area (TPSA) is 42.0 Å². The molecule has 22 heavy (non-hydrogen) atoms. The molecule has 0 saturated carbocycles. The van der Waals surface area contributed by atoms with Gasteiger partial charge in [0, 0.05) is 0 Å². The van der Waals surface area contributed by atoms with Crippen molar-refractivity contribution in [2.24, 2.45) is 0 Å². The highest BCUT2D eigenvalue weighted by Gasteiger charge is 2.08. The first-order valence-electron chi connectivity index (χ1n) is 6.67. The van der Waals surface area contributed by atoms with Gasteiger partial charge in [-0.3, -0.25) is 4.79 Å². The maximum Gasteiger partial charge on any atom is 0.224 e. The minimum absolute atomic E-state index is 0.0716. The number of benzene rings is 2. The molecule has 0 atom stereocenters. The highest BCUT2D eigenvalue weighted by molar-refractivity contribution is 7.18. The first-order chi connectivity index (χ1) is 10.6. The Hall–Kier alpha value is -1.62. The molecule has 0 aliphatic carbocycles. The molecule has 1 N–H and O–H groups in total. The van der Waals surface area contributed by atoms with Crippen LogP contribution in [0.15, 0.2) is 42.5 Å². The van der Waals surface area contributed by atoms with Gasteiger partial charge in [-0.05, 0) is 29.8 Å². The maximum atomic E-state index is 12.0. The zero-order valence-electron chi connectivity index (χ0n) is 11.5. The summed E-state index contributed by atoms with van der Waals surface area (Å²) in [5.74, 6) is -0.0716. The van der Waals surface area contributed by atoms with E-state index in [9.17, 15) is 4.79 Å². The summed E-state index contributed by atoms with van der Waals surface area (Å²) < 4.78 is 1.12. The van der Waals surface area contributed by atoms with Crippen molar-refractivity contribution in [1.29, 1.82) is 0 Å². The smallest absolute Gasteiger partial charge is 0.224 e. The number of carbonyl (C=O) groups is 1. The SMILES string of the molecule is O=C(Cc1ccc(Cl)c(Cl)c1)NCc1nc2ccccc2s1. The zero-order valence-corrected chi connectivity index (χ0v) is 13.8. The third kappa shape index (κ3) is 3.58. The van der Waals surface area contributed by atoms with Gasteiger partial charge >= 0.3 is 0 Å². The van der Waals surface area contributed by atoms with Crippen molar-refractivity contribution in [3.8, 4) is 0 Å².